The van der Waals surface area contributed by atoms with Gasteiger partial charge in [0.05, 0.1) is 14.2 Å². The van der Waals surface area contributed by atoms with Crippen molar-refractivity contribution in [2.45, 2.75) is 11.8 Å². The number of thioether (sulfide) groups is 1. The highest BCUT2D eigenvalue weighted by molar-refractivity contribution is 8.03. The van der Waals surface area contributed by atoms with Crippen LogP contribution in [0.4, 0.5) is 0 Å². The van der Waals surface area contributed by atoms with Gasteiger partial charge >= 0.3 is 0 Å². The molecule has 0 heterocycles. The topological polar surface area (TPSA) is 18.5 Å². The maximum Gasteiger partial charge on any atom is 0.118 e. The molecule has 0 unspecified atom stereocenters. The van der Waals surface area contributed by atoms with E-state index in [-0.39, 0.29) is 0 Å². The highest BCUT2D eigenvalue weighted by Gasteiger charge is 1.96. The quantitative estimate of drug-likeness (QED) is 0.430. The van der Waals surface area contributed by atoms with Gasteiger partial charge in [-0.05, 0) is 54.3 Å². The van der Waals surface area contributed by atoms with E-state index >= 15 is 0 Å². The van der Waals surface area contributed by atoms with Crippen LogP contribution in [0.1, 0.15) is 6.92 Å². The first-order valence-electron chi connectivity index (χ1n) is 5.56. The normalized spacial score (nSPS) is 12.2. The molecule has 0 aliphatic rings. The molecule has 1 aromatic carbocycles. The smallest absolute Gasteiger partial charge is 0.118 e. The predicted molar refractivity (Wildman–Crippen MR) is 77.9 cm³/mol. The van der Waals surface area contributed by atoms with Gasteiger partial charge in [0.15, 0.2) is 0 Å². The summed E-state index contributed by atoms with van der Waals surface area (Å²) >= 11 is 1.70. The van der Waals surface area contributed by atoms with Crippen LogP contribution in [0.25, 0.3) is 0 Å². The van der Waals surface area contributed by atoms with Gasteiger partial charge < -0.3 is 9.47 Å². The van der Waals surface area contributed by atoms with E-state index < -0.39 is 0 Å². The summed E-state index contributed by atoms with van der Waals surface area (Å²) in [4.78, 5) is 2.35. The van der Waals surface area contributed by atoms with Gasteiger partial charge in [-0.2, -0.15) is 0 Å². The summed E-state index contributed by atoms with van der Waals surface area (Å²) < 4.78 is 10.2. The summed E-state index contributed by atoms with van der Waals surface area (Å²) in [5.74, 6) is 1.62. The van der Waals surface area contributed by atoms with Crippen molar-refractivity contribution in [2.75, 3.05) is 14.2 Å². The lowest BCUT2D eigenvalue weighted by atomic mass is 10.3. The van der Waals surface area contributed by atoms with Crippen molar-refractivity contribution in [3.63, 3.8) is 0 Å². The second kappa shape index (κ2) is 7.67. The number of rotatable bonds is 6. The van der Waals surface area contributed by atoms with Crippen molar-refractivity contribution in [2.24, 2.45) is 0 Å². The van der Waals surface area contributed by atoms with Crippen LogP contribution < -0.4 is 4.74 Å². The fourth-order valence-electron chi connectivity index (χ4n) is 1.28. The zero-order valence-electron chi connectivity index (χ0n) is 11.0. The second-order valence-corrected chi connectivity index (χ2v) is 4.85. The average molecular weight is 262 g/mol. The van der Waals surface area contributed by atoms with E-state index in [2.05, 4.69) is 13.5 Å². The van der Waals surface area contributed by atoms with Gasteiger partial charge in [-0.25, -0.2) is 0 Å². The highest BCUT2D eigenvalue weighted by atomic mass is 32.2. The summed E-state index contributed by atoms with van der Waals surface area (Å²) in [6.07, 6.45) is 5.59. The van der Waals surface area contributed by atoms with Gasteiger partial charge in [0.1, 0.15) is 11.5 Å². The van der Waals surface area contributed by atoms with Crippen molar-refractivity contribution >= 4 is 11.8 Å². The number of allylic oxidation sites excluding steroid dienone is 4. The van der Waals surface area contributed by atoms with E-state index in [4.69, 9.17) is 9.47 Å². The number of benzene rings is 1. The molecule has 0 spiro atoms. The minimum Gasteiger partial charge on any atom is -0.497 e. The predicted octanol–water partition coefficient (Wildman–Crippen LogP) is 4.41. The van der Waals surface area contributed by atoms with Crippen LogP contribution >= 0.6 is 11.8 Å². The van der Waals surface area contributed by atoms with Crippen LogP contribution in [-0.2, 0) is 4.74 Å². The Morgan fingerprint density at radius 1 is 1.17 bits per heavy atom. The average Bonchev–Trinajstić information content (AvgIpc) is 2.41. The zero-order valence-corrected chi connectivity index (χ0v) is 11.8. The number of hydrogen-bond donors (Lipinski definition) is 0. The molecule has 0 saturated carbocycles. The summed E-state index contributed by atoms with van der Waals surface area (Å²) in [7, 11) is 3.30. The van der Waals surface area contributed by atoms with Crippen LogP contribution in [0.15, 0.2) is 64.6 Å². The maximum absolute atomic E-state index is 5.12. The van der Waals surface area contributed by atoms with Crippen LogP contribution in [0.2, 0.25) is 0 Å². The molecule has 0 amide bonds. The Morgan fingerprint density at radius 3 is 2.33 bits per heavy atom. The molecule has 1 rings (SSSR count). The van der Waals surface area contributed by atoms with E-state index in [0.717, 1.165) is 11.5 Å². The Bertz CT molecular complexity index is 444. The Balaban J connectivity index is 2.68. The summed E-state index contributed by atoms with van der Waals surface area (Å²) in [5, 5.41) is 0. The third kappa shape index (κ3) is 4.72. The first-order valence-corrected chi connectivity index (χ1v) is 6.38. The molecule has 0 saturated heterocycles. The number of hydrogen-bond acceptors (Lipinski definition) is 3. The van der Waals surface area contributed by atoms with Crippen LogP contribution in [0.5, 0.6) is 5.75 Å². The van der Waals surface area contributed by atoms with E-state index in [9.17, 15) is 0 Å². The molecule has 3 heteroatoms. The van der Waals surface area contributed by atoms with Crippen LogP contribution in [-0.4, -0.2) is 14.2 Å². The van der Waals surface area contributed by atoms with Crippen LogP contribution in [0.3, 0.4) is 0 Å². The third-order valence-corrected chi connectivity index (χ3v) is 3.22. The van der Waals surface area contributed by atoms with E-state index in [1.54, 1.807) is 32.1 Å². The molecule has 2 nitrogen and oxygen atoms in total. The summed E-state index contributed by atoms with van der Waals surface area (Å²) in [5.41, 5.74) is 0. The zero-order chi connectivity index (χ0) is 13.4. The van der Waals surface area contributed by atoms with Gasteiger partial charge in [-0.3, -0.25) is 0 Å². The molecule has 0 aliphatic carbocycles. The SMILES string of the molecule is C=CC(=CC=C(C)Sc1ccc(OC)cc1)OC. The molecular weight excluding hydrogens is 244 g/mol. The monoisotopic (exact) mass is 262 g/mol. The maximum atomic E-state index is 5.12. The molecule has 96 valence electrons. The fraction of sp³-hybridized carbons (Fsp3) is 0.200. The molecule has 1 aromatic rings. The van der Waals surface area contributed by atoms with Gasteiger partial charge in [-0.1, -0.05) is 18.3 Å². The van der Waals surface area contributed by atoms with Crippen molar-refractivity contribution in [1.82, 2.24) is 0 Å². The minimum absolute atomic E-state index is 0.754. The lowest BCUT2D eigenvalue weighted by molar-refractivity contribution is 0.307. The first-order chi connectivity index (χ1) is 8.69. The molecule has 0 N–H and O–H groups in total. The van der Waals surface area contributed by atoms with E-state index in [1.807, 2.05) is 36.4 Å². The summed E-state index contributed by atoms with van der Waals surface area (Å²) in [6.45, 7) is 5.73. The van der Waals surface area contributed by atoms with Crippen molar-refractivity contribution in [3.8, 4) is 5.75 Å². The lowest BCUT2D eigenvalue weighted by Crippen LogP contribution is -1.81. The summed E-state index contributed by atoms with van der Waals surface area (Å²) in [6, 6.07) is 7.98. The van der Waals surface area contributed by atoms with Crippen LogP contribution in [0, 0.1) is 0 Å². The number of methoxy groups -OCH3 is 2. The lowest BCUT2D eigenvalue weighted by Gasteiger charge is -2.03. The molecule has 0 aliphatic heterocycles. The fourth-order valence-corrected chi connectivity index (χ4v) is 2.06. The molecule has 0 atom stereocenters. The Labute approximate surface area is 113 Å². The largest absolute Gasteiger partial charge is 0.497 e. The van der Waals surface area contributed by atoms with Gasteiger partial charge in [0.2, 0.25) is 0 Å². The van der Waals surface area contributed by atoms with Crippen molar-refractivity contribution in [1.29, 1.82) is 0 Å². The molecular formula is C15H18O2S. The van der Waals surface area contributed by atoms with Crippen molar-refractivity contribution < 1.29 is 9.47 Å². The van der Waals surface area contributed by atoms with Gasteiger partial charge in [0, 0.05) is 4.90 Å². The highest BCUT2D eigenvalue weighted by Crippen LogP contribution is 2.27. The first kappa shape index (κ1) is 14.5. The Morgan fingerprint density at radius 2 is 1.83 bits per heavy atom. The second-order valence-electron chi connectivity index (χ2n) is 3.53. The molecule has 18 heavy (non-hydrogen) atoms. The standard InChI is InChI=1S/C15H18O2S/c1-5-13(16-3)7-6-12(2)18-15-10-8-14(17-4)9-11-15/h5-11H,1H2,2-4H3. The molecule has 0 aromatic heterocycles. The molecule has 0 radical (unpaired) electrons. The number of ether oxygens (including phenoxy) is 2. The molecule has 0 bridgehead atoms. The Hall–Kier alpha value is -1.61. The third-order valence-electron chi connectivity index (χ3n) is 2.26. The minimum atomic E-state index is 0.754. The Kier molecular flexibility index (Phi) is 6.15. The van der Waals surface area contributed by atoms with Crippen molar-refractivity contribution in [3.05, 3.63) is 59.7 Å². The molecule has 0 fully saturated rings. The van der Waals surface area contributed by atoms with E-state index in [0.29, 0.717) is 0 Å². The van der Waals surface area contributed by atoms with E-state index in [1.165, 1.54) is 9.80 Å². The van der Waals surface area contributed by atoms with Gasteiger partial charge in [-0.15, -0.1) is 0 Å². The van der Waals surface area contributed by atoms with Gasteiger partial charge in [0.25, 0.3) is 0 Å².